The zero-order valence-electron chi connectivity index (χ0n) is 13.6. The molecule has 120 valence electrons. The van der Waals surface area contributed by atoms with Crippen LogP contribution in [0.4, 0.5) is 4.79 Å². The van der Waals surface area contributed by atoms with E-state index in [0.717, 1.165) is 38.5 Å². The Morgan fingerprint density at radius 3 is 2.38 bits per heavy atom. The van der Waals surface area contributed by atoms with E-state index in [9.17, 15) is 4.79 Å². The molecule has 0 aromatic rings. The van der Waals surface area contributed by atoms with Gasteiger partial charge in [0.1, 0.15) is 5.60 Å². The summed E-state index contributed by atoms with van der Waals surface area (Å²) >= 11 is 0. The Morgan fingerprint density at radius 2 is 1.81 bits per heavy atom. The van der Waals surface area contributed by atoms with Crippen LogP contribution in [-0.4, -0.2) is 66.3 Å². The Labute approximate surface area is 128 Å². The van der Waals surface area contributed by atoms with E-state index in [1.807, 2.05) is 25.7 Å². The van der Waals surface area contributed by atoms with Gasteiger partial charge < -0.3 is 10.1 Å². The first-order chi connectivity index (χ1) is 9.92. The largest absolute Gasteiger partial charge is 0.444 e. The van der Waals surface area contributed by atoms with Crippen molar-refractivity contribution < 1.29 is 9.53 Å². The monoisotopic (exact) mass is 295 g/mol. The van der Waals surface area contributed by atoms with Gasteiger partial charge in [0, 0.05) is 19.6 Å². The van der Waals surface area contributed by atoms with Crippen LogP contribution in [0.15, 0.2) is 0 Å². The third kappa shape index (κ3) is 3.51. The molecule has 4 fully saturated rings. The number of piperidine rings is 2. The molecule has 0 saturated carbocycles. The zero-order chi connectivity index (χ0) is 15.0. The van der Waals surface area contributed by atoms with Crippen LogP contribution in [0.1, 0.15) is 40.0 Å². The Morgan fingerprint density at radius 1 is 1.19 bits per heavy atom. The Balaban J connectivity index is 1.49. The van der Waals surface area contributed by atoms with Gasteiger partial charge in [-0.25, -0.2) is 4.79 Å². The van der Waals surface area contributed by atoms with Gasteiger partial charge in [-0.2, -0.15) is 0 Å². The van der Waals surface area contributed by atoms with Gasteiger partial charge in [0.2, 0.25) is 0 Å². The van der Waals surface area contributed by atoms with Crippen molar-refractivity contribution in [2.75, 3.05) is 32.7 Å². The molecule has 1 amide bonds. The van der Waals surface area contributed by atoms with Crippen molar-refractivity contribution in [1.82, 2.24) is 15.1 Å². The lowest BCUT2D eigenvalue weighted by Crippen LogP contribution is -2.70. The maximum Gasteiger partial charge on any atom is 0.410 e. The van der Waals surface area contributed by atoms with E-state index < -0.39 is 5.60 Å². The maximum absolute atomic E-state index is 12.2. The highest BCUT2D eigenvalue weighted by Crippen LogP contribution is 2.34. The number of nitrogens with zero attached hydrogens (tertiary/aromatic N) is 2. The van der Waals surface area contributed by atoms with Gasteiger partial charge in [-0.3, -0.25) is 9.80 Å². The van der Waals surface area contributed by atoms with E-state index >= 15 is 0 Å². The molecule has 4 rings (SSSR count). The summed E-state index contributed by atoms with van der Waals surface area (Å²) in [6, 6.07) is 0.751. The van der Waals surface area contributed by atoms with Crippen molar-refractivity contribution in [3.8, 4) is 0 Å². The summed E-state index contributed by atoms with van der Waals surface area (Å²) in [5.74, 6) is 0.832. The summed E-state index contributed by atoms with van der Waals surface area (Å²) in [4.78, 5) is 16.8. The van der Waals surface area contributed by atoms with Crippen LogP contribution in [-0.2, 0) is 4.74 Å². The molecule has 5 nitrogen and oxygen atoms in total. The van der Waals surface area contributed by atoms with Crippen molar-refractivity contribution in [2.45, 2.75) is 57.7 Å². The predicted molar refractivity (Wildman–Crippen MR) is 82.3 cm³/mol. The van der Waals surface area contributed by atoms with Gasteiger partial charge in [-0.15, -0.1) is 0 Å². The number of ether oxygens (including phenoxy) is 1. The van der Waals surface area contributed by atoms with Crippen molar-refractivity contribution in [3.63, 3.8) is 0 Å². The summed E-state index contributed by atoms with van der Waals surface area (Å²) in [7, 11) is 0. The summed E-state index contributed by atoms with van der Waals surface area (Å²) < 4.78 is 5.52. The first-order valence-electron chi connectivity index (χ1n) is 8.37. The molecule has 2 unspecified atom stereocenters. The summed E-state index contributed by atoms with van der Waals surface area (Å²) in [5.41, 5.74) is -0.393. The quantitative estimate of drug-likeness (QED) is 0.842. The first kappa shape index (κ1) is 15.1. The molecule has 5 heteroatoms. The molecule has 0 aliphatic carbocycles. The average Bonchev–Trinajstić information content (AvgIpc) is 2.37. The predicted octanol–water partition coefficient (Wildman–Crippen LogP) is 1.68. The van der Waals surface area contributed by atoms with Crippen molar-refractivity contribution >= 4 is 6.09 Å². The van der Waals surface area contributed by atoms with Gasteiger partial charge in [0.15, 0.2) is 0 Å². The minimum atomic E-state index is -0.393. The number of piperazine rings is 1. The second-order valence-electron chi connectivity index (χ2n) is 7.84. The van der Waals surface area contributed by atoms with Crippen LogP contribution >= 0.6 is 0 Å². The Bertz CT molecular complexity index is 375. The lowest BCUT2D eigenvalue weighted by Gasteiger charge is -2.56. The van der Waals surface area contributed by atoms with E-state index in [4.69, 9.17) is 4.74 Å². The molecule has 2 atom stereocenters. The van der Waals surface area contributed by atoms with Crippen LogP contribution in [0.3, 0.4) is 0 Å². The van der Waals surface area contributed by atoms with Crippen molar-refractivity contribution in [3.05, 3.63) is 0 Å². The molecule has 4 saturated heterocycles. The fourth-order valence-corrected chi connectivity index (χ4v) is 3.89. The second-order valence-corrected chi connectivity index (χ2v) is 7.84. The topological polar surface area (TPSA) is 44.8 Å². The highest BCUT2D eigenvalue weighted by Gasteiger charge is 2.48. The van der Waals surface area contributed by atoms with E-state index in [1.165, 1.54) is 19.4 Å². The Hall–Kier alpha value is -0.810. The molecule has 1 N–H and O–H groups in total. The highest BCUT2D eigenvalue weighted by atomic mass is 16.6. The molecule has 0 aromatic carbocycles. The number of carbonyl (C=O) groups is 1. The number of nitrogens with one attached hydrogen (secondary N) is 1. The summed E-state index contributed by atoms with van der Waals surface area (Å²) in [5, 5.41) is 3.43. The molecule has 21 heavy (non-hydrogen) atoms. The van der Waals surface area contributed by atoms with Crippen LogP contribution in [0.2, 0.25) is 0 Å². The summed E-state index contributed by atoms with van der Waals surface area (Å²) in [6.45, 7) is 11.4. The number of amides is 1. The Kier molecular flexibility index (Phi) is 4.14. The smallest absolute Gasteiger partial charge is 0.410 e. The molecule has 4 aliphatic heterocycles. The SMILES string of the molecule is CC(C)(C)OC(=O)N1C2CC1CN(CC1CCNCC1)C2. The minimum absolute atomic E-state index is 0.120. The third-order valence-electron chi connectivity index (χ3n) is 4.85. The third-order valence-corrected chi connectivity index (χ3v) is 4.85. The van der Waals surface area contributed by atoms with E-state index in [1.54, 1.807) is 0 Å². The van der Waals surface area contributed by atoms with Crippen LogP contribution < -0.4 is 5.32 Å². The average molecular weight is 295 g/mol. The molecule has 0 radical (unpaired) electrons. The number of carbonyl (C=O) groups excluding carboxylic acids is 1. The van der Waals surface area contributed by atoms with E-state index in [2.05, 4.69) is 10.2 Å². The minimum Gasteiger partial charge on any atom is -0.444 e. The first-order valence-corrected chi connectivity index (χ1v) is 8.37. The van der Waals surface area contributed by atoms with E-state index in [-0.39, 0.29) is 6.09 Å². The van der Waals surface area contributed by atoms with Gasteiger partial charge in [-0.05, 0) is 59.0 Å². The highest BCUT2D eigenvalue weighted by molar-refractivity contribution is 5.70. The maximum atomic E-state index is 12.2. The molecule has 0 aromatic heterocycles. The molecule has 4 heterocycles. The standard InChI is InChI=1S/C16H29N3O2/c1-16(2,3)21-15(20)19-13-8-14(19)11-18(10-13)9-12-4-6-17-7-5-12/h12-14,17H,4-11H2,1-3H3. The fourth-order valence-electron chi connectivity index (χ4n) is 3.89. The number of hydrogen-bond acceptors (Lipinski definition) is 4. The number of fused-ring (bicyclic) bond motifs is 2. The van der Waals surface area contributed by atoms with Gasteiger partial charge in [0.05, 0.1) is 12.1 Å². The van der Waals surface area contributed by atoms with Crippen molar-refractivity contribution in [1.29, 1.82) is 0 Å². The molecular weight excluding hydrogens is 266 g/mol. The number of hydrogen-bond donors (Lipinski definition) is 1. The molecular formula is C16H29N3O2. The van der Waals surface area contributed by atoms with Crippen LogP contribution in [0.25, 0.3) is 0 Å². The fraction of sp³-hybridized carbons (Fsp3) is 0.938. The van der Waals surface area contributed by atoms with Gasteiger partial charge in [0.25, 0.3) is 0 Å². The summed E-state index contributed by atoms with van der Waals surface area (Å²) in [6.07, 6.45) is 3.62. The lowest BCUT2D eigenvalue weighted by molar-refractivity contribution is -0.0794. The number of rotatable bonds is 2. The molecule has 4 aliphatic rings. The normalized spacial score (nSPS) is 30.9. The zero-order valence-corrected chi connectivity index (χ0v) is 13.6. The molecule has 0 spiro atoms. The molecule has 2 bridgehead atoms. The van der Waals surface area contributed by atoms with Crippen molar-refractivity contribution in [2.24, 2.45) is 5.92 Å². The van der Waals surface area contributed by atoms with Gasteiger partial charge in [-0.1, -0.05) is 0 Å². The van der Waals surface area contributed by atoms with E-state index in [0.29, 0.717) is 12.1 Å². The van der Waals surface area contributed by atoms with Crippen LogP contribution in [0.5, 0.6) is 0 Å². The second kappa shape index (κ2) is 5.76. The lowest BCUT2D eigenvalue weighted by atomic mass is 9.86. The van der Waals surface area contributed by atoms with Crippen LogP contribution in [0, 0.1) is 5.92 Å². The van der Waals surface area contributed by atoms with Gasteiger partial charge >= 0.3 is 6.09 Å².